The molecule has 3 rings (SSSR count). The third-order valence-electron chi connectivity index (χ3n) is 5.57. The van der Waals surface area contributed by atoms with Crippen LogP contribution in [0.4, 0.5) is 4.79 Å². The first-order chi connectivity index (χ1) is 14.6. The molecule has 0 spiro atoms. The molecule has 0 saturated carbocycles. The Morgan fingerprint density at radius 1 is 1.29 bits per heavy atom. The summed E-state index contributed by atoms with van der Waals surface area (Å²) >= 11 is 0. The Labute approximate surface area is 184 Å². The number of benzene rings is 1. The molecule has 170 valence electrons. The number of hydrogen-bond donors (Lipinski definition) is 0. The highest BCUT2D eigenvalue weighted by Gasteiger charge is 2.30. The fourth-order valence-corrected chi connectivity index (χ4v) is 4.01. The summed E-state index contributed by atoms with van der Waals surface area (Å²) in [6, 6.07) is 5.62. The summed E-state index contributed by atoms with van der Waals surface area (Å²) in [5.41, 5.74) is 1.76. The van der Waals surface area contributed by atoms with Crippen molar-refractivity contribution in [1.29, 1.82) is 0 Å². The lowest BCUT2D eigenvalue weighted by Crippen LogP contribution is -2.48. The molecule has 0 aliphatic carbocycles. The molecule has 1 aromatic heterocycles. The van der Waals surface area contributed by atoms with E-state index in [4.69, 9.17) is 4.74 Å². The number of nitrogens with zero attached hydrogens (tertiary/aromatic N) is 5. The molecule has 1 fully saturated rings. The van der Waals surface area contributed by atoms with Crippen LogP contribution in [0.2, 0.25) is 0 Å². The Kier molecular flexibility index (Phi) is 6.86. The molecular weight excluding hydrogens is 394 g/mol. The van der Waals surface area contributed by atoms with E-state index >= 15 is 0 Å². The lowest BCUT2D eigenvalue weighted by Gasteiger charge is -2.37. The normalized spacial score (nSPS) is 17.3. The minimum absolute atomic E-state index is 0.00557. The number of ether oxygens (including phenoxy) is 1. The Morgan fingerprint density at radius 3 is 2.68 bits per heavy atom. The molecule has 0 N–H and O–H groups in total. The fourth-order valence-electron chi connectivity index (χ4n) is 4.01. The van der Waals surface area contributed by atoms with Gasteiger partial charge in [0.15, 0.2) is 0 Å². The number of aromatic nitrogens is 3. The highest BCUT2D eigenvalue weighted by atomic mass is 16.6. The van der Waals surface area contributed by atoms with Crippen molar-refractivity contribution in [2.45, 2.75) is 72.6 Å². The number of hydrogen-bond acceptors (Lipinski definition) is 5. The van der Waals surface area contributed by atoms with Crippen LogP contribution < -0.4 is 0 Å². The van der Waals surface area contributed by atoms with E-state index in [0.717, 1.165) is 37.0 Å². The zero-order valence-electron chi connectivity index (χ0n) is 19.6. The minimum atomic E-state index is -0.531. The Morgan fingerprint density at radius 2 is 2.03 bits per heavy atom. The van der Waals surface area contributed by atoms with Gasteiger partial charge in [-0.25, -0.2) is 9.48 Å². The summed E-state index contributed by atoms with van der Waals surface area (Å²) in [7, 11) is 0. The summed E-state index contributed by atoms with van der Waals surface area (Å²) in [5, 5.41) is 8.31. The largest absolute Gasteiger partial charge is 0.444 e. The molecule has 2 aromatic rings. The summed E-state index contributed by atoms with van der Waals surface area (Å²) in [5.74, 6) is 0.225. The van der Waals surface area contributed by atoms with Gasteiger partial charge < -0.3 is 14.5 Å². The number of piperidine rings is 1. The van der Waals surface area contributed by atoms with Crippen LogP contribution in [-0.4, -0.2) is 68.1 Å². The molecule has 2 heterocycles. The molecule has 1 unspecified atom stereocenters. The molecule has 1 atom stereocenters. The predicted molar refractivity (Wildman–Crippen MR) is 120 cm³/mol. The Hall–Kier alpha value is -2.64. The Balaban J connectivity index is 1.69. The smallest absolute Gasteiger partial charge is 0.410 e. The predicted octanol–water partition coefficient (Wildman–Crippen LogP) is 3.95. The lowest BCUT2D eigenvalue weighted by atomic mass is 9.96. The van der Waals surface area contributed by atoms with E-state index in [-0.39, 0.29) is 24.0 Å². The number of rotatable bonds is 5. The van der Waals surface area contributed by atoms with Crippen LogP contribution in [0, 0.1) is 5.92 Å². The number of aryl methyl sites for hydroxylation is 1. The van der Waals surface area contributed by atoms with E-state index in [1.807, 2.05) is 69.3 Å². The average Bonchev–Trinajstić information content (AvgIpc) is 3.12. The van der Waals surface area contributed by atoms with Crippen LogP contribution in [0.15, 0.2) is 18.2 Å². The maximum absolute atomic E-state index is 13.2. The maximum atomic E-state index is 13.2. The van der Waals surface area contributed by atoms with Gasteiger partial charge in [-0.15, -0.1) is 5.10 Å². The molecule has 0 bridgehead atoms. The molecule has 2 amide bonds. The zero-order valence-corrected chi connectivity index (χ0v) is 19.6. The highest BCUT2D eigenvalue weighted by molar-refractivity contribution is 5.97. The third-order valence-corrected chi connectivity index (χ3v) is 5.57. The average molecular weight is 430 g/mol. The molecular formula is C23H35N5O3. The molecule has 31 heavy (non-hydrogen) atoms. The Bertz CT molecular complexity index is 931. The van der Waals surface area contributed by atoms with Crippen LogP contribution >= 0.6 is 0 Å². The van der Waals surface area contributed by atoms with Gasteiger partial charge in [-0.2, -0.15) is 0 Å². The molecule has 1 saturated heterocycles. The first-order valence-corrected chi connectivity index (χ1v) is 11.2. The molecule has 8 heteroatoms. The van der Waals surface area contributed by atoms with Gasteiger partial charge in [-0.3, -0.25) is 4.79 Å². The van der Waals surface area contributed by atoms with Crippen molar-refractivity contribution in [3.8, 4) is 0 Å². The maximum Gasteiger partial charge on any atom is 0.410 e. The van der Waals surface area contributed by atoms with Crippen molar-refractivity contribution < 1.29 is 14.3 Å². The van der Waals surface area contributed by atoms with Crippen molar-refractivity contribution in [2.24, 2.45) is 5.92 Å². The highest BCUT2D eigenvalue weighted by Crippen LogP contribution is 2.23. The summed E-state index contributed by atoms with van der Waals surface area (Å²) in [4.78, 5) is 29.5. The van der Waals surface area contributed by atoms with Crippen molar-refractivity contribution in [3.05, 3.63) is 23.8 Å². The van der Waals surface area contributed by atoms with Crippen molar-refractivity contribution >= 4 is 23.0 Å². The molecule has 1 aromatic carbocycles. The first-order valence-electron chi connectivity index (χ1n) is 11.2. The van der Waals surface area contributed by atoms with Crippen LogP contribution in [0.5, 0.6) is 0 Å². The lowest BCUT2D eigenvalue weighted by molar-refractivity contribution is 0.0124. The molecule has 1 aliphatic heterocycles. The van der Waals surface area contributed by atoms with Gasteiger partial charge in [-0.05, 0) is 78.5 Å². The van der Waals surface area contributed by atoms with Gasteiger partial charge in [0.1, 0.15) is 11.1 Å². The number of carbonyl (C=O) groups is 2. The van der Waals surface area contributed by atoms with Crippen LogP contribution in [-0.2, 0) is 11.3 Å². The summed E-state index contributed by atoms with van der Waals surface area (Å²) < 4.78 is 7.41. The number of carbonyl (C=O) groups excluding carboxylic acids is 2. The SMILES string of the molecule is CCn1nnc2cc(C(=O)N3CCCC(CN(C(=O)OC(C)(C)C)C(C)C)C3)ccc21. The van der Waals surface area contributed by atoms with Crippen LogP contribution in [0.3, 0.4) is 0 Å². The number of fused-ring (bicyclic) bond motifs is 1. The minimum Gasteiger partial charge on any atom is -0.444 e. The summed E-state index contributed by atoms with van der Waals surface area (Å²) in [6.07, 6.45) is 1.61. The van der Waals surface area contributed by atoms with E-state index in [1.54, 1.807) is 4.90 Å². The second-order valence-electron chi connectivity index (χ2n) is 9.59. The van der Waals surface area contributed by atoms with E-state index in [1.165, 1.54) is 0 Å². The van der Waals surface area contributed by atoms with Crippen molar-refractivity contribution in [2.75, 3.05) is 19.6 Å². The standard InChI is InChI=1S/C23H35N5O3/c1-7-28-20-11-10-18(13-19(20)24-25-28)21(29)26-12-8-9-17(14-26)15-27(16(2)3)22(30)31-23(4,5)6/h10-11,13,16-17H,7-9,12,14-15H2,1-6H3. The van der Waals surface area contributed by atoms with E-state index in [9.17, 15) is 9.59 Å². The van der Waals surface area contributed by atoms with Crippen molar-refractivity contribution in [1.82, 2.24) is 24.8 Å². The van der Waals surface area contributed by atoms with E-state index in [0.29, 0.717) is 18.7 Å². The van der Waals surface area contributed by atoms with Gasteiger partial charge in [0.05, 0.1) is 5.52 Å². The van der Waals surface area contributed by atoms with Gasteiger partial charge in [0, 0.05) is 37.8 Å². The van der Waals surface area contributed by atoms with E-state index in [2.05, 4.69) is 10.3 Å². The van der Waals surface area contributed by atoms with Crippen molar-refractivity contribution in [3.63, 3.8) is 0 Å². The molecule has 0 radical (unpaired) electrons. The number of amides is 2. The van der Waals surface area contributed by atoms with Crippen LogP contribution in [0.25, 0.3) is 11.0 Å². The van der Waals surface area contributed by atoms with Gasteiger partial charge in [0.25, 0.3) is 5.91 Å². The summed E-state index contributed by atoms with van der Waals surface area (Å²) in [6.45, 7) is 14.3. The molecule has 1 aliphatic rings. The van der Waals surface area contributed by atoms with Crippen LogP contribution in [0.1, 0.15) is 64.7 Å². The van der Waals surface area contributed by atoms with Gasteiger partial charge in [-0.1, -0.05) is 5.21 Å². The second-order valence-corrected chi connectivity index (χ2v) is 9.59. The van der Waals surface area contributed by atoms with Gasteiger partial charge in [0.2, 0.25) is 0 Å². The fraction of sp³-hybridized carbons (Fsp3) is 0.652. The third kappa shape index (κ3) is 5.54. The molecule has 8 nitrogen and oxygen atoms in total. The zero-order chi connectivity index (χ0) is 22.8. The first kappa shape index (κ1) is 23.0. The number of likely N-dealkylation sites (tertiary alicyclic amines) is 1. The van der Waals surface area contributed by atoms with E-state index < -0.39 is 5.60 Å². The quantitative estimate of drug-likeness (QED) is 0.719. The van der Waals surface area contributed by atoms with Gasteiger partial charge >= 0.3 is 6.09 Å². The second kappa shape index (κ2) is 9.24. The monoisotopic (exact) mass is 429 g/mol. The topological polar surface area (TPSA) is 80.6 Å².